The fourth-order valence-electron chi connectivity index (χ4n) is 2.02. The fourth-order valence-corrected chi connectivity index (χ4v) is 2.02. The maximum atomic E-state index is 12.2. The van der Waals surface area contributed by atoms with E-state index in [0.29, 0.717) is 12.0 Å². The molecular weight excluding hydrogens is 268 g/mol. The predicted octanol–water partition coefficient (Wildman–Crippen LogP) is 2.42. The molecular formula is C16H16N2O3. The molecule has 0 aliphatic carbocycles. The van der Waals surface area contributed by atoms with Crippen LogP contribution in [0.2, 0.25) is 0 Å². The van der Waals surface area contributed by atoms with E-state index in [1.54, 1.807) is 24.5 Å². The van der Waals surface area contributed by atoms with Gasteiger partial charge in [0.05, 0.1) is 6.04 Å². The van der Waals surface area contributed by atoms with Crippen LogP contribution in [0, 0.1) is 0 Å². The van der Waals surface area contributed by atoms with Gasteiger partial charge in [0, 0.05) is 24.4 Å². The standard InChI is InChI=1S/C16H16N2O3/c19-15(20)7-6-14(12-4-2-1-3-5-12)18-16(21)13-8-10-17-11-9-13/h1-5,8-11,14H,6-7H2,(H,18,21)(H,19,20)/t14-/m1/s1. The number of aromatic nitrogens is 1. The number of pyridine rings is 1. The van der Waals surface area contributed by atoms with Crippen molar-refractivity contribution in [2.75, 3.05) is 0 Å². The molecule has 0 fully saturated rings. The van der Waals surface area contributed by atoms with Crippen LogP contribution in [-0.2, 0) is 4.79 Å². The number of carboxylic acid groups (broad SMARTS) is 1. The molecule has 5 heteroatoms. The molecule has 0 saturated heterocycles. The molecule has 1 amide bonds. The SMILES string of the molecule is O=C(O)CC[C@@H](NC(=O)c1ccncc1)c1ccccc1. The molecule has 108 valence electrons. The van der Waals surface area contributed by atoms with Crippen LogP contribution in [0.15, 0.2) is 54.9 Å². The van der Waals surface area contributed by atoms with E-state index in [1.807, 2.05) is 30.3 Å². The highest BCUT2D eigenvalue weighted by atomic mass is 16.4. The topological polar surface area (TPSA) is 79.3 Å². The maximum Gasteiger partial charge on any atom is 0.303 e. The number of carbonyl (C=O) groups is 2. The lowest BCUT2D eigenvalue weighted by molar-refractivity contribution is -0.137. The number of nitrogens with zero attached hydrogens (tertiary/aromatic N) is 1. The quantitative estimate of drug-likeness (QED) is 0.853. The number of hydrogen-bond donors (Lipinski definition) is 2. The largest absolute Gasteiger partial charge is 0.481 e. The summed E-state index contributed by atoms with van der Waals surface area (Å²) < 4.78 is 0. The minimum Gasteiger partial charge on any atom is -0.481 e. The minimum absolute atomic E-state index is 0.00378. The molecule has 0 aliphatic heterocycles. The molecule has 2 N–H and O–H groups in total. The van der Waals surface area contributed by atoms with Gasteiger partial charge in [0.15, 0.2) is 0 Å². The molecule has 1 aromatic carbocycles. The van der Waals surface area contributed by atoms with Gasteiger partial charge in [-0.05, 0) is 24.1 Å². The monoisotopic (exact) mass is 284 g/mol. The van der Waals surface area contributed by atoms with Gasteiger partial charge in [-0.25, -0.2) is 0 Å². The van der Waals surface area contributed by atoms with Crippen molar-refractivity contribution in [3.63, 3.8) is 0 Å². The molecule has 0 aliphatic rings. The zero-order valence-corrected chi connectivity index (χ0v) is 11.4. The molecule has 1 aromatic heterocycles. The van der Waals surface area contributed by atoms with Gasteiger partial charge in [0.1, 0.15) is 0 Å². The normalized spacial score (nSPS) is 11.6. The zero-order chi connectivity index (χ0) is 15.1. The molecule has 0 saturated carbocycles. The summed E-state index contributed by atoms with van der Waals surface area (Å²) in [5, 5.41) is 11.7. The number of benzene rings is 1. The van der Waals surface area contributed by atoms with Crippen molar-refractivity contribution >= 4 is 11.9 Å². The number of hydrogen-bond acceptors (Lipinski definition) is 3. The van der Waals surface area contributed by atoms with E-state index < -0.39 is 5.97 Å². The predicted molar refractivity (Wildman–Crippen MR) is 77.8 cm³/mol. The molecule has 2 rings (SSSR count). The van der Waals surface area contributed by atoms with Gasteiger partial charge in [-0.1, -0.05) is 30.3 Å². The number of aliphatic carboxylic acids is 1. The lowest BCUT2D eigenvalue weighted by Crippen LogP contribution is -2.29. The van der Waals surface area contributed by atoms with Crippen LogP contribution in [0.25, 0.3) is 0 Å². The second-order valence-corrected chi connectivity index (χ2v) is 4.61. The van der Waals surface area contributed by atoms with Crippen LogP contribution in [0.5, 0.6) is 0 Å². The Hall–Kier alpha value is -2.69. The number of carbonyl (C=O) groups excluding carboxylic acids is 1. The number of rotatable bonds is 6. The molecule has 1 atom stereocenters. The van der Waals surface area contributed by atoms with Crippen molar-refractivity contribution < 1.29 is 14.7 Å². The van der Waals surface area contributed by atoms with Crippen LogP contribution in [0.1, 0.15) is 34.8 Å². The van der Waals surface area contributed by atoms with Crippen LogP contribution < -0.4 is 5.32 Å². The molecule has 0 unspecified atom stereocenters. The van der Waals surface area contributed by atoms with Gasteiger partial charge in [-0.15, -0.1) is 0 Å². The molecule has 2 aromatic rings. The summed E-state index contributed by atoms with van der Waals surface area (Å²) in [5.41, 5.74) is 1.39. The number of nitrogens with one attached hydrogen (secondary N) is 1. The Labute approximate surface area is 122 Å². The van der Waals surface area contributed by atoms with E-state index >= 15 is 0 Å². The van der Waals surface area contributed by atoms with E-state index in [0.717, 1.165) is 5.56 Å². The van der Waals surface area contributed by atoms with E-state index in [-0.39, 0.29) is 18.4 Å². The first-order valence-corrected chi connectivity index (χ1v) is 6.64. The summed E-state index contributed by atoms with van der Waals surface area (Å²) in [6.45, 7) is 0. The van der Waals surface area contributed by atoms with Crippen molar-refractivity contribution in [3.05, 3.63) is 66.0 Å². The van der Waals surface area contributed by atoms with Crippen LogP contribution >= 0.6 is 0 Å². The first-order valence-electron chi connectivity index (χ1n) is 6.64. The summed E-state index contributed by atoms with van der Waals surface area (Å²) in [7, 11) is 0. The lowest BCUT2D eigenvalue weighted by atomic mass is 10.0. The van der Waals surface area contributed by atoms with Crippen LogP contribution in [-0.4, -0.2) is 22.0 Å². The van der Waals surface area contributed by atoms with Gasteiger partial charge in [-0.2, -0.15) is 0 Å². The third-order valence-electron chi connectivity index (χ3n) is 3.10. The smallest absolute Gasteiger partial charge is 0.303 e. The Morgan fingerprint density at radius 3 is 2.38 bits per heavy atom. The summed E-state index contributed by atoms with van der Waals surface area (Å²) in [4.78, 5) is 26.8. The molecule has 21 heavy (non-hydrogen) atoms. The van der Waals surface area contributed by atoms with E-state index in [1.165, 1.54) is 0 Å². The Bertz CT molecular complexity index is 599. The Morgan fingerprint density at radius 2 is 1.76 bits per heavy atom. The van der Waals surface area contributed by atoms with Crippen molar-refractivity contribution in [3.8, 4) is 0 Å². The summed E-state index contributed by atoms with van der Waals surface area (Å²) in [5.74, 6) is -1.12. The zero-order valence-electron chi connectivity index (χ0n) is 11.4. The van der Waals surface area contributed by atoms with Gasteiger partial charge in [-0.3, -0.25) is 14.6 Å². The maximum absolute atomic E-state index is 12.2. The summed E-state index contributed by atoms with van der Waals surface area (Å²) in [6, 6.07) is 12.3. The van der Waals surface area contributed by atoms with Crippen LogP contribution in [0.3, 0.4) is 0 Å². The fraction of sp³-hybridized carbons (Fsp3) is 0.188. The molecule has 0 bridgehead atoms. The van der Waals surface area contributed by atoms with Crippen molar-refractivity contribution in [2.24, 2.45) is 0 Å². The first kappa shape index (κ1) is 14.7. The average molecular weight is 284 g/mol. The Balaban J connectivity index is 2.12. The second-order valence-electron chi connectivity index (χ2n) is 4.61. The molecule has 0 spiro atoms. The van der Waals surface area contributed by atoms with Gasteiger partial charge < -0.3 is 10.4 Å². The Morgan fingerprint density at radius 1 is 1.10 bits per heavy atom. The average Bonchev–Trinajstić information content (AvgIpc) is 2.52. The minimum atomic E-state index is -0.880. The van der Waals surface area contributed by atoms with Crippen LogP contribution in [0.4, 0.5) is 0 Å². The number of amides is 1. The van der Waals surface area contributed by atoms with E-state index in [2.05, 4.69) is 10.3 Å². The molecule has 5 nitrogen and oxygen atoms in total. The third-order valence-corrected chi connectivity index (χ3v) is 3.10. The van der Waals surface area contributed by atoms with E-state index in [9.17, 15) is 9.59 Å². The van der Waals surface area contributed by atoms with Crippen molar-refractivity contribution in [1.82, 2.24) is 10.3 Å². The molecule has 1 heterocycles. The van der Waals surface area contributed by atoms with Crippen molar-refractivity contribution in [1.29, 1.82) is 0 Å². The second kappa shape index (κ2) is 7.19. The third kappa shape index (κ3) is 4.42. The summed E-state index contributed by atoms with van der Waals surface area (Å²) in [6.07, 6.45) is 3.43. The molecule has 0 radical (unpaired) electrons. The van der Waals surface area contributed by atoms with Gasteiger partial charge in [0.25, 0.3) is 5.91 Å². The van der Waals surface area contributed by atoms with Crippen molar-refractivity contribution in [2.45, 2.75) is 18.9 Å². The highest BCUT2D eigenvalue weighted by Gasteiger charge is 2.16. The summed E-state index contributed by atoms with van der Waals surface area (Å²) >= 11 is 0. The van der Waals surface area contributed by atoms with Gasteiger partial charge >= 0.3 is 5.97 Å². The van der Waals surface area contributed by atoms with Gasteiger partial charge in [0.2, 0.25) is 0 Å². The lowest BCUT2D eigenvalue weighted by Gasteiger charge is -2.18. The van der Waals surface area contributed by atoms with E-state index in [4.69, 9.17) is 5.11 Å². The highest BCUT2D eigenvalue weighted by molar-refractivity contribution is 5.94. The number of carboxylic acids is 1. The highest BCUT2D eigenvalue weighted by Crippen LogP contribution is 2.19. The first-order chi connectivity index (χ1) is 10.2. The Kier molecular flexibility index (Phi) is 5.04.